The van der Waals surface area contributed by atoms with Gasteiger partial charge in [0.2, 0.25) is 0 Å². The van der Waals surface area contributed by atoms with E-state index in [-0.39, 0.29) is 17.4 Å². The zero-order valence-electron chi connectivity index (χ0n) is 14.6. The number of aryl methyl sites for hydroxylation is 1. The Hall–Kier alpha value is -3.12. The Labute approximate surface area is 160 Å². The first-order valence-electron chi connectivity index (χ1n) is 8.50. The number of nitrogens with one attached hydrogen (secondary N) is 1. The van der Waals surface area contributed by atoms with Gasteiger partial charge in [0.25, 0.3) is 0 Å². The average molecular weight is 379 g/mol. The first kappa shape index (κ1) is 17.3. The SMILES string of the molecule is Cc1sc(C(=O)O)cc1NC(=O)OCC1c2ccccc2-c2ccccc21. The zero-order valence-corrected chi connectivity index (χ0v) is 15.4. The highest BCUT2D eigenvalue weighted by Gasteiger charge is 2.29. The maximum atomic E-state index is 12.2. The van der Waals surface area contributed by atoms with E-state index in [1.807, 2.05) is 24.3 Å². The third-order valence-corrected chi connectivity index (χ3v) is 5.75. The number of rotatable bonds is 4. The third-order valence-electron chi connectivity index (χ3n) is 4.71. The van der Waals surface area contributed by atoms with Gasteiger partial charge in [0.1, 0.15) is 11.5 Å². The van der Waals surface area contributed by atoms with Crippen LogP contribution in [0.5, 0.6) is 0 Å². The number of hydrogen-bond acceptors (Lipinski definition) is 4. The Balaban J connectivity index is 1.49. The number of hydrogen-bond donors (Lipinski definition) is 2. The molecular formula is C21H17NO4S. The Morgan fingerprint density at radius 1 is 1.07 bits per heavy atom. The molecule has 0 spiro atoms. The lowest BCUT2D eigenvalue weighted by molar-refractivity contribution is 0.0702. The zero-order chi connectivity index (χ0) is 19.0. The van der Waals surface area contributed by atoms with Gasteiger partial charge in [-0.1, -0.05) is 48.5 Å². The molecule has 0 bridgehead atoms. The summed E-state index contributed by atoms with van der Waals surface area (Å²) in [5.74, 6) is -1.02. The van der Waals surface area contributed by atoms with Crippen molar-refractivity contribution in [2.45, 2.75) is 12.8 Å². The van der Waals surface area contributed by atoms with Gasteiger partial charge in [0.15, 0.2) is 0 Å². The van der Waals surface area contributed by atoms with E-state index in [4.69, 9.17) is 9.84 Å². The summed E-state index contributed by atoms with van der Waals surface area (Å²) < 4.78 is 5.48. The molecule has 4 rings (SSSR count). The maximum Gasteiger partial charge on any atom is 0.411 e. The molecule has 1 aliphatic carbocycles. The van der Waals surface area contributed by atoms with Gasteiger partial charge in [-0.25, -0.2) is 9.59 Å². The largest absolute Gasteiger partial charge is 0.477 e. The molecule has 5 nitrogen and oxygen atoms in total. The maximum absolute atomic E-state index is 12.2. The van der Waals surface area contributed by atoms with Crippen molar-refractivity contribution < 1.29 is 19.4 Å². The molecule has 2 aromatic carbocycles. The number of thiophene rings is 1. The molecule has 0 atom stereocenters. The van der Waals surface area contributed by atoms with Crippen LogP contribution < -0.4 is 5.32 Å². The molecule has 1 amide bonds. The first-order valence-corrected chi connectivity index (χ1v) is 9.32. The van der Waals surface area contributed by atoms with Gasteiger partial charge in [0.05, 0.1) is 5.69 Å². The van der Waals surface area contributed by atoms with E-state index in [0.29, 0.717) is 5.69 Å². The number of fused-ring (bicyclic) bond motifs is 3. The number of carbonyl (C=O) groups excluding carboxylic acids is 1. The smallest absolute Gasteiger partial charge is 0.411 e. The number of aromatic carboxylic acids is 1. The predicted octanol–water partition coefficient (Wildman–Crippen LogP) is 5.12. The normalized spacial score (nSPS) is 12.3. The van der Waals surface area contributed by atoms with Crippen molar-refractivity contribution >= 4 is 29.1 Å². The van der Waals surface area contributed by atoms with Crippen molar-refractivity contribution in [1.82, 2.24) is 0 Å². The first-order chi connectivity index (χ1) is 13.0. The van der Waals surface area contributed by atoms with Crippen LogP contribution in [0.2, 0.25) is 0 Å². The summed E-state index contributed by atoms with van der Waals surface area (Å²) in [7, 11) is 0. The van der Waals surface area contributed by atoms with Crippen LogP contribution in [0.4, 0.5) is 10.5 Å². The van der Waals surface area contributed by atoms with E-state index < -0.39 is 12.1 Å². The minimum absolute atomic E-state index is 0.0127. The van der Waals surface area contributed by atoms with E-state index in [1.54, 1.807) is 6.92 Å². The summed E-state index contributed by atoms with van der Waals surface area (Å²) >= 11 is 1.12. The molecule has 0 unspecified atom stereocenters. The van der Waals surface area contributed by atoms with Crippen molar-refractivity contribution in [3.8, 4) is 11.1 Å². The Kier molecular flexibility index (Phi) is 4.41. The molecule has 2 N–H and O–H groups in total. The van der Waals surface area contributed by atoms with Gasteiger partial charge in [-0.3, -0.25) is 5.32 Å². The van der Waals surface area contributed by atoms with Gasteiger partial charge in [-0.05, 0) is 35.2 Å². The van der Waals surface area contributed by atoms with E-state index >= 15 is 0 Å². The van der Waals surface area contributed by atoms with Crippen molar-refractivity contribution in [3.05, 3.63) is 75.5 Å². The second kappa shape index (κ2) is 6.89. The van der Waals surface area contributed by atoms with E-state index in [0.717, 1.165) is 27.3 Å². The molecule has 136 valence electrons. The highest BCUT2D eigenvalue weighted by molar-refractivity contribution is 7.14. The monoisotopic (exact) mass is 379 g/mol. The number of benzene rings is 2. The predicted molar refractivity (Wildman–Crippen MR) is 105 cm³/mol. The summed E-state index contributed by atoms with van der Waals surface area (Å²) in [6.07, 6.45) is -0.588. The van der Waals surface area contributed by atoms with Crippen LogP contribution in [0.1, 0.15) is 31.6 Å². The average Bonchev–Trinajstić information content (AvgIpc) is 3.19. The summed E-state index contributed by atoms with van der Waals surface area (Å²) in [6.45, 7) is 1.98. The van der Waals surface area contributed by atoms with Gasteiger partial charge >= 0.3 is 12.1 Å². The lowest BCUT2D eigenvalue weighted by atomic mass is 9.98. The molecule has 0 saturated carbocycles. The summed E-state index contributed by atoms with van der Waals surface area (Å²) in [5.41, 5.74) is 5.09. The van der Waals surface area contributed by atoms with E-state index in [9.17, 15) is 9.59 Å². The topological polar surface area (TPSA) is 75.6 Å². The van der Waals surface area contributed by atoms with Crippen LogP contribution in [-0.2, 0) is 4.74 Å². The number of carbonyl (C=O) groups is 2. The van der Waals surface area contributed by atoms with Crippen LogP contribution in [-0.4, -0.2) is 23.8 Å². The molecule has 1 heterocycles. The molecule has 0 saturated heterocycles. The van der Waals surface area contributed by atoms with Crippen LogP contribution in [0.25, 0.3) is 11.1 Å². The number of carboxylic acids is 1. The molecule has 1 aliphatic rings. The number of amides is 1. The molecule has 6 heteroatoms. The van der Waals surface area contributed by atoms with Crippen LogP contribution >= 0.6 is 11.3 Å². The van der Waals surface area contributed by atoms with Gasteiger partial charge < -0.3 is 9.84 Å². The molecule has 0 aliphatic heterocycles. The number of ether oxygens (including phenoxy) is 1. The molecular weight excluding hydrogens is 362 g/mol. The van der Waals surface area contributed by atoms with Gasteiger partial charge in [-0.2, -0.15) is 0 Å². The summed E-state index contributed by atoms with van der Waals surface area (Å²) in [4.78, 5) is 24.2. The molecule has 27 heavy (non-hydrogen) atoms. The quantitative estimate of drug-likeness (QED) is 0.660. The van der Waals surface area contributed by atoms with Crippen molar-refractivity contribution in [2.75, 3.05) is 11.9 Å². The fourth-order valence-electron chi connectivity index (χ4n) is 3.46. The Morgan fingerprint density at radius 3 is 2.22 bits per heavy atom. The lowest BCUT2D eigenvalue weighted by Crippen LogP contribution is -2.18. The highest BCUT2D eigenvalue weighted by Crippen LogP contribution is 2.44. The molecule has 0 fully saturated rings. The van der Waals surface area contributed by atoms with E-state index in [2.05, 4.69) is 29.6 Å². The van der Waals surface area contributed by atoms with Gasteiger partial charge in [-0.15, -0.1) is 11.3 Å². The standard InChI is InChI=1S/C21H17NO4S/c1-12-18(10-19(27-12)20(23)24)22-21(25)26-11-17-15-8-4-2-6-13(15)14-7-3-5-9-16(14)17/h2-10,17H,11H2,1H3,(H,22,25)(H,23,24). The highest BCUT2D eigenvalue weighted by atomic mass is 32.1. The van der Waals surface area contributed by atoms with Gasteiger partial charge in [0, 0.05) is 10.8 Å². The summed E-state index contributed by atoms with van der Waals surface area (Å²) in [6, 6.07) is 17.7. The minimum atomic E-state index is -1.01. The fourth-order valence-corrected chi connectivity index (χ4v) is 4.27. The minimum Gasteiger partial charge on any atom is -0.477 e. The molecule has 1 aromatic heterocycles. The number of anilines is 1. The Morgan fingerprint density at radius 2 is 1.67 bits per heavy atom. The van der Waals surface area contributed by atoms with Crippen molar-refractivity contribution in [1.29, 1.82) is 0 Å². The van der Waals surface area contributed by atoms with Crippen LogP contribution in [0.3, 0.4) is 0 Å². The number of carboxylic acid groups (broad SMARTS) is 1. The fraction of sp³-hybridized carbons (Fsp3) is 0.143. The molecule has 0 radical (unpaired) electrons. The molecule has 3 aromatic rings. The van der Waals surface area contributed by atoms with Crippen LogP contribution in [0, 0.1) is 6.92 Å². The van der Waals surface area contributed by atoms with E-state index in [1.165, 1.54) is 17.2 Å². The lowest BCUT2D eigenvalue weighted by Gasteiger charge is -2.14. The summed E-state index contributed by atoms with van der Waals surface area (Å²) in [5, 5.41) is 11.7. The second-order valence-electron chi connectivity index (χ2n) is 6.34. The van der Waals surface area contributed by atoms with Crippen molar-refractivity contribution in [2.24, 2.45) is 0 Å². The van der Waals surface area contributed by atoms with Crippen LogP contribution in [0.15, 0.2) is 54.6 Å². The third kappa shape index (κ3) is 3.19. The second-order valence-corrected chi connectivity index (χ2v) is 7.59. The Bertz CT molecular complexity index is 995. The van der Waals surface area contributed by atoms with Crippen molar-refractivity contribution in [3.63, 3.8) is 0 Å².